The van der Waals surface area contributed by atoms with E-state index in [-0.39, 0.29) is 0 Å². The van der Waals surface area contributed by atoms with Crippen LogP contribution in [0.4, 0.5) is 17.3 Å². The fourth-order valence-corrected chi connectivity index (χ4v) is 1.45. The van der Waals surface area contributed by atoms with E-state index < -0.39 is 0 Å². The predicted molar refractivity (Wildman–Crippen MR) is 70.7 cm³/mol. The molecular weight excluding hydrogens is 212 g/mol. The lowest BCUT2D eigenvalue weighted by Crippen LogP contribution is -1.97. The van der Waals surface area contributed by atoms with Crippen molar-refractivity contribution in [3.8, 4) is 0 Å². The van der Waals surface area contributed by atoms with Gasteiger partial charge in [0.15, 0.2) is 0 Å². The molecule has 0 bridgehead atoms. The van der Waals surface area contributed by atoms with Crippen LogP contribution in [0.1, 0.15) is 12.5 Å². The topological polar surface area (TPSA) is 49.8 Å². The quantitative estimate of drug-likeness (QED) is 0.844. The molecule has 2 rings (SSSR count). The molecule has 0 fully saturated rings. The Bertz CT molecular complexity index is 416. The van der Waals surface area contributed by atoms with E-state index in [1.807, 2.05) is 43.7 Å². The SMILES string of the molecule is CCc1cnc(Nc2ccc(NC)cc2)nc1. The largest absolute Gasteiger partial charge is 0.388 e. The van der Waals surface area contributed by atoms with E-state index in [9.17, 15) is 0 Å². The molecule has 0 saturated carbocycles. The number of aromatic nitrogens is 2. The summed E-state index contributed by atoms with van der Waals surface area (Å²) < 4.78 is 0. The van der Waals surface area contributed by atoms with E-state index in [4.69, 9.17) is 0 Å². The molecule has 4 nitrogen and oxygen atoms in total. The fourth-order valence-electron chi connectivity index (χ4n) is 1.45. The zero-order valence-corrected chi connectivity index (χ0v) is 10.1. The highest BCUT2D eigenvalue weighted by atomic mass is 15.1. The van der Waals surface area contributed by atoms with E-state index in [0.717, 1.165) is 23.4 Å². The van der Waals surface area contributed by atoms with Crippen LogP contribution >= 0.6 is 0 Å². The van der Waals surface area contributed by atoms with Gasteiger partial charge in [0, 0.05) is 30.8 Å². The highest BCUT2D eigenvalue weighted by molar-refractivity contribution is 5.58. The summed E-state index contributed by atoms with van der Waals surface area (Å²) in [4.78, 5) is 8.50. The van der Waals surface area contributed by atoms with Gasteiger partial charge in [-0.05, 0) is 36.2 Å². The number of anilines is 3. The number of hydrogen-bond donors (Lipinski definition) is 2. The van der Waals surface area contributed by atoms with Crippen LogP contribution in [-0.4, -0.2) is 17.0 Å². The molecule has 17 heavy (non-hydrogen) atoms. The van der Waals surface area contributed by atoms with Crippen molar-refractivity contribution in [3.05, 3.63) is 42.2 Å². The molecule has 0 saturated heterocycles. The maximum Gasteiger partial charge on any atom is 0.227 e. The maximum absolute atomic E-state index is 4.25. The third kappa shape index (κ3) is 2.93. The van der Waals surface area contributed by atoms with Crippen LogP contribution < -0.4 is 10.6 Å². The third-order valence-electron chi connectivity index (χ3n) is 2.54. The van der Waals surface area contributed by atoms with Gasteiger partial charge >= 0.3 is 0 Å². The summed E-state index contributed by atoms with van der Waals surface area (Å²) in [6, 6.07) is 7.98. The van der Waals surface area contributed by atoms with Gasteiger partial charge in [-0.2, -0.15) is 0 Å². The van der Waals surface area contributed by atoms with Crippen molar-refractivity contribution in [3.63, 3.8) is 0 Å². The predicted octanol–water partition coefficient (Wildman–Crippen LogP) is 2.82. The first-order chi connectivity index (χ1) is 8.31. The molecule has 0 aliphatic rings. The van der Waals surface area contributed by atoms with Gasteiger partial charge in [0.1, 0.15) is 0 Å². The molecule has 2 N–H and O–H groups in total. The van der Waals surface area contributed by atoms with Gasteiger partial charge in [-0.3, -0.25) is 0 Å². The molecule has 88 valence electrons. The zero-order valence-electron chi connectivity index (χ0n) is 10.1. The van der Waals surface area contributed by atoms with Crippen molar-refractivity contribution >= 4 is 17.3 Å². The third-order valence-corrected chi connectivity index (χ3v) is 2.54. The molecule has 0 spiro atoms. The van der Waals surface area contributed by atoms with E-state index in [2.05, 4.69) is 27.5 Å². The van der Waals surface area contributed by atoms with E-state index >= 15 is 0 Å². The Labute approximate surface area is 101 Å². The van der Waals surface area contributed by atoms with Crippen LogP contribution in [0.5, 0.6) is 0 Å². The van der Waals surface area contributed by atoms with Crippen LogP contribution in [-0.2, 0) is 6.42 Å². The second-order valence-electron chi connectivity index (χ2n) is 3.72. The first-order valence-corrected chi connectivity index (χ1v) is 5.67. The monoisotopic (exact) mass is 228 g/mol. The average Bonchev–Trinajstić information content (AvgIpc) is 2.40. The van der Waals surface area contributed by atoms with Crippen molar-refractivity contribution in [2.24, 2.45) is 0 Å². The minimum absolute atomic E-state index is 0.624. The van der Waals surface area contributed by atoms with Gasteiger partial charge < -0.3 is 10.6 Å². The molecule has 0 aliphatic carbocycles. The molecule has 0 unspecified atom stereocenters. The minimum Gasteiger partial charge on any atom is -0.388 e. The average molecular weight is 228 g/mol. The second-order valence-corrected chi connectivity index (χ2v) is 3.72. The Hall–Kier alpha value is -2.10. The molecule has 0 atom stereocenters. The van der Waals surface area contributed by atoms with E-state index in [1.165, 1.54) is 0 Å². The summed E-state index contributed by atoms with van der Waals surface area (Å²) in [6.07, 6.45) is 4.64. The number of hydrogen-bond acceptors (Lipinski definition) is 4. The first-order valence-electron chi connectivity index (χ1n) is 5.67. The molecule has 0 aliphatic heterocycles. The summed E-state index contributed by atoms with van der Waals surface area (Å²) in [5, 5.41) is 6.23. The molecule has 0 amide bonds. The Balaban J connectivity index is 2.08. The normalized spacial score (nSPS) is 10.0. The van der Waals surface area contributed by atoms with Crippen molar-refractivity contribution in [2.45, 2.75) is 13.3 Å². The lowest BCUT2D eigenvalue weighted by Gasteiger charge is -2.06. The second kappa shape index (κ2) is 5.30. The van der Waals surface area contributed by atoms with Crippen LogP contribution in [0.25, 0.3) is 0 Å². The van der Waals surface area contributed by atoms with Crippen LogP contribution in [0.3, 0.4) is 0 Å². The van der Waals surface area contributed by atoms with Gasteiger partial charge in [-0.25, -0.2) is 9.97 Å². The Kier molecular flexibility index (Phi) is 3.55. The first kappa shape index (κ1) is 11.4. The molecule has 4 heteroatoms. The van der Waals surface area contributed by atoms with E-state index in [1.54, 1.807) is 0 Å². The smallest absolute Gasteiger partial charge is 0.227 e. The number of nitrogens with zero attached hydrogens (tertiary/aromatic N) is 2. The summed E-state index contributed by atoms with van der Waals surface area (Å²) in [5.41, 5.74) is 3.20. The molecule has 1 aromatic carbocycles. The number of benzene rings is 1. The van der Waals surface area contributed by atoms with Crippen molar-refractivity contribution in [1.29, 1.82) is 0 Å². The van der Waals surface area contributed by atoms with E-state index in [0.29, 0.717) is 5.95 Å². The Morgan fingerprint density at radius 2 is 1.59 bits per heavy atom. The Morgan fingerprint density at radius 3 is 2.12 bits per heavy atom. The molecule has 1 heterocycles. The highest BCUT2D eigenvalue weighted by Gasteiger charge is 1.97. The molecule has 2 aromatic rings. The summed E-state index contributed by atoms with van der Waals surface area (Å²) in [6.45, 7) is 2.09. The van der Waals surface area contributed by atoms with Crippen molar-refractivity contribution < 1.29 is 0 Å². The number of nitrogens with one attached hydrogen (secondary N) is 2. The summed E-state index contributed by atoms with van der Waals surface area (Å²) >= 11 is 0. The van der Waals surface area contributed by atoms with Gasteiger partial charge in [0.2, 0.25) is 5.95 Å². The lowest BCUT2D eigenvalue weighted by molar-refractivity contribution is 1.05. The molecule has 1 aromatic heterocycles. The van der Waals surface area contributed by atoms with Crippen LogP contribution in [0, 0.1) is 0 Å². The fraction of sp³-hybridized carbons (Fsp3) is 0.231. The van der Waals surface area contributed by atoms with Crippen LogP contribution in [0.15, 0.2) is 36.7 Å². The van der Waals surface area contributed by atoms with Gasteiger partial charge in [-0.1, -0.05) is 6.92 Å². The summed E-state index contributed by atoms with van der Waals surface area (Å²) in [5.74, 6) is 0.624. The Morgan fingerprint density at radius 1 is 1.00 bits per heavy atom. The number of aryl methyl sites for hydroxylation is 1. The lowest BCUT2D eigenvalue weighted by atomic mass is 10.3. The highest BCUT2D eigenvalue weighted by Crippen LogP contribution is 2.15. The molecular formula is C13H16N4. The van der Waals surface area contributed by atoms with Gasteiger partial charge in [-0.15, -0.1) is 0 Å². The maximum atomic E-state index is 4.25. The minimum atomic E-state index is 0.624. The van der Waals surface area contributed by atoms with Gasteiger partial charge in [0.25, 0.3) is 0 Å². The standard InChI is InChI=1S/C13H16N4/c1-3-10-8-15-13(16-9-10)17-12-6-4-11(14-2)5-7-12/h4-9,14H,3H2,1-2H3,(H,15,16,17). The van der Waals surface area contributed by atoms with Crippen LogP contribution in [0.2, 0.25) is 0 Å². The number of rotatable bonds is 4. The summed E-state index contributed by atoms with van der Waals surface area (Å²) in [7, 11) is 1.90. The van der Waals surface area contributed by atoms with Crippen molar-refractivity contribution in [2.75, 3.05) is 17.7 Å². The molecule has 0 radical (unpaired) electrons. The van der Waals surface area contributed by atoms with Crippen molar-refractivity contribution in [1.82, 2.24) is 9.97 Å². The van der Waals surface area contributed by atoms with Gasteiger partial charge in [0.05, 0.1) is 0 Å². The zero-order chi connectivity index (χ0) is 12.1.